The van der Waals surface area contributed by atoms with E-state index in [1.54, 1.807) is 18.8 Å². The van der Waals surface area contributed by atoms with Crippen molar-refractivity contribution in [1.29, 1.82) is 0 Å². The average molecular weight is 442 g/mol. The highest BCUT2D eigenvalue weighted by atomic mass is 32.2. The number of likely N-dealkylation sites (tertiary alicyclic amines) is 1. The quantitative estimate of drug-likeness (QED) is 0.704. The first-order valence-corrected chi connectivity index (χ1v) is 11.7. The number of guanidine groups is 1. The molecule has 2 fully saturated rings. The van der Waals surface area contributed by atoms with Crippen LogP contribution in [0.25, 0.3) is 11.0 Å². The number of nitrogens with zero attached hydrogens (tertiary/aromatic N) is 5. The molecule has 0 saturated carbocycles. The summed E-state index contributed by atoms with van der Waals surface area (Å²) in [6.07, 6.45) is 1.74. The number of rotatable bonds is 4. The maximum atomic E-state index is 12.8. The Morgan fingerprint density at radius 1 is 1.19 bits per heavy atom. The van der Waals surface area contributed by atoms with Crippen LogP contribution >= 0.6 is 11.8 Å². The minimum Gasteiger partial charge on any atom is -0.343 e. The predicted molar refractivity (Wildman–Crippen MR) is 120 cm³/mol. The molecule has 3 amide bonds. The zero-order chi connectivity index (χ0) is 21.5. The number of urea groups is 1. The summed E-state index contributed by atoms with van der Waals surface area (Å²) in [5.74, 6) is 2.01. The summed E-state index contributed by atoms with van der Waals surface area (Å²) in [7, 11) is 1.70. The Morgan fingerprint density at radius 2 is 1.97 bits per heavy atom. The van der Waals surface area contributed by atoms with Gasteiger partial charge in [-0.15, -0.1) is 0 Å². The van der Waals surface area contributed by atoms with Gasteiger partial charge in [0.2, 0.25) is 0 Å². The monoisotopic (exact) mass is 441 g/mol. The molecule has 2 N–H and O–H groups in total. The molecule has 4 heterocycles. The summed E-state index contributed by atoms with van der Waals surface area (Å²) < 4.78 is 0. The molecule has 5 rings (SSSR count). The zero-order valence-electron chi connectivity index (χ0n) is 17.7. The molecule has 0 aliphatic carbocycles. The van der Waals surface area contributed by atoms with E-state index in [1.807, 2.05) is 24.3 Å². The van der Waals surface area contributed by atoms with Gasteiger partial charge in [0.05, 0.1) is 11.0 Å². The molecule has 2 aromatic rings. The van der Waals surface area contributed by atoms with Gasteiger partial charge >= 0.3 is 6.03 Å². The van der Waals surface area contributed by atoms with Crippen LogP contribution in [0.3, 0.4) is 0 Å². The van der Waals surface area contributed by atoms with Crippen molar-refractivity contribution < 1.29 is 9.59 Å². The first-order valence-electron chi connectivity index (χ1n) is 10.8. The maximum absolute atomic E-state index is 12.8. The molecular weight excluding hydrogens is 414 g/mol. The normalized spacial score (nSPS) is 24.6. The second-order valence-corrected chi connectivity index (χ2v) is 9.55. The van der Waals surface area contributed by atoms with E-state index in [9.17, 15) is 9.59 Å². The van der Waals surface area contributed by atoms with Gasteiger partial charge < -0.3 is 19.7 Å². The van der Waals surface area contributed by atoms with E-state index in [0.29, 0.717) is 12.5 Å². The molecule has 31 heavy (non-hydrogen) atoms. The molecule has 1 aromatic carbocycles. The Morgan fingerprint density at radius 3 is 2.74 bits per heavy atom. The fourth-order valence-electron chi connectivity index (χ4n) is 4.46. The second-order valence-electron chi connectivity index (χ2n) is 8.46. The fourth-order valence-corrected chi connectivity index (χ4v) is 5.29. The Balaban J connectivity index is 1.34. The minimum atomic E-state index is -0.492. The number of imidazole rings is 1. The van der Waals surface area contributed by atoms with Crippen LogP contribution in [-0.2, 0) is 4.79 Å². The van der Waals surface area contributed by atoms with Crippen LogP contribution in [0.1, 0.15) is 19.8 Å². The SMILES string of the molecule is CC1CCN(C2=NC3C(C(=O)NC(=O)N3C)N2CCSc2nc3ccccc3[nH]2)CC1. The Kier molecular flexibility index (Phi) is 5.25. The average Bonchev–Trinajstić information content (AvgIpc) is 3.34. The van der Waals surface area contributed by atoms with E-state index in [2.05, 4.69) is 32.0 Å². The molecule has 164 valence electrons. The lowest BCUT2D eigenvalue weighted by molar-refractivity contribution is -0.127. The van der Waals surface area contributed by atoms with Crippen molar-refractivity contribution in [1.82, 2.24) is 30.0 Å². The molecule has 3 aliphatic heterocycles. The van der Waals surface area contributed by atoms with E-state index < -0.39 is 12.2 Å². The van der Waals surface area contributed by atoms with Crippen LogP contribution in [0.15, 0.2) is 34.4 Å². The molecule has 10 heteroatoms. The van der Waals surface area contributed by atoms with Crippen molar-refractivity contribution in [3.63, 3.8) is 0 Å². The lowest BCUT2D eigenvalue weighted by Crippen LogP contribution is -2.64. The summed E-state index contributed by atoms with van der Waals surface area (Å²) in [6.45, 7) is 4.76. The van der Waals surface area contributed by atoms with Gasteiger partial charge in [0.15, 0.2) is 23.3 Å². The summed E-state index contributed by atoms with van der Waals surface area (Å²) >= 11 is 1.63. The van der Waals surface area contributed by atoms with E-state index >= 15 is 0 Å². The number of fused-ring (bicyclic) bond motifs is 2. The van der Waals surface area contributed by atoms with Gasteiger partial charge in [-0.2, -0.15) is 0 Å². The summed E-state index contributed by atoms with van der Waals surface area (Å²) in [5, 5.41) is 3.34. The summed E-state index contributed by atoms with van der Waals surface area (Å²) in [5.41, 5.74) is 1.96. The summed E-state index contributed by atoms with van der Waals surface area (Å²) in [6, 6.07) is 7.08. The zero-order valence-corrected chi connectivity index (χ0v) is 18.6. The van der Waals surface area contributed by atoms with Crippen molar-refractivity contribution in [2.75, 3.05) is 32.4 Å². The smallest absolute Gasteiger partial charge is 0.325 e. The van der Waals surface area contributed by atoms with Crippen LogP contribution < -0.4 is 5.32 Å². The second kappa shape index (κ2) is 8.07. The third kappa shape index (κ3) is 3.73. The van der Waals surface area contributed by atoms with E-state index in [-0.39, 0.29) is 11.9 Å². The van der Waals surface area contributed by atoms with Crippen LogP contribution in [-0.4, -0.2) is 87.2 Å². The number of aromatic amines is 1. The number of piperidine rings is 1. The highest BCUT2D eigenvalue weighted by Gasteiger charge is 2.49. The first kappa shape index (κ1) is 20.2. The number of aliphatic imine (C=N–C) groups is 1. The minimum absolute atomic E-state index is 0.272. The van der Waals surface area contributed by atoms with Crippen LogP contribution in [0, 0.1) is 5.92 Å². The predicted octanol–water partition coefficient (Wildman–Crippen LogP) is 1.93. The van der Waals surface area contributed by atoms with Crippen molar-refractivity contribution >= 4 is 40.7 Å². The van der Waals surface area contributed by atoms with E-state index in [4.69, 9.17) is 4.99 Å². The number of hydrogen-bond acceptors (Lipinski definition) is 7. The number of H-pyrrole nitrogens is 1. The molecule has 2 unspecified atom stereocenters. The van der Waals surface area contributed by atoms with Crippen molar-refractivity contribution in [2.24, 2.45) is 10.9 Å². The maximum Gasteiger partial charge on any atom is 0.325 e. The molecular formula is C21H27N7O2S. The van der Waals surface area contributed by atoms with Gasteiger partial charge in [0, 0.05) is 32.4 Å². The molecule has 2 atom stereocenters. The molecule has 3 aliphatic rings. The van der Waals surface area contributed by atoms with Crippen LogP contribution in [0.2, 0.25) is 0 Å². The number of carbonyl (C=O) groups is 2. The number of likely N-dealkylation sites (N-methyl/N-ethyl adjacent to an activating group) is 1. The number of thioether (sulfide) groups is 1. The van der Waals surface area contributed by atoms with Gasteiger partial charge in [0.1, 0.15) is 0 Å². The van der Waals surface area contributed by atoms with Crippen LogP contribution in [0.5, 0.6) is 0 Å². The molecule has 2 saturated heterocycles. The Hall–Kier alpha value is -2.75. The first-order chi connectivity index (χ1) is 15.0. The molecule has 0 radical (unpaired) electrons. The number of nitrogens with one attached hydrogen (secondary N) is 2. The van der Waals surface area contributed by atoms with Crippen molar-refractivity contribution in [2.45, 2.75) is 37.1 Å². The van der Waals surface area contributed by atoms with Gasteiger partial charge in [-0.25, -0.2) is 14.8 Å². The van der Waals surface area contributed by atoms with Crippen LogP contribution in [0.4, 0.5) is 4.79 Å². The number of hydrogen-bond donors (Lipinski definition) is 2. The van der Waals surface area contributed by atoms with Crippen molar-refractivity contribution in [3.8, 4) is 0 Å². The number of imide groups is 1. The third-order valence-corrected chi connectivity index (χ3v) is 7.20. The molecule has 1 aromatic heterocycles. The van der Waals surface area contributed by atoms with E-state index in [1.165, 1.54) is 4.90 Å². The van der Waals surface area contributed by atoms with Gasteiger partial charge in [-0.3, -0.25) is 10.1 Å². The number of amides is 3. The number of carbonyl (C=O) groups excluding carboxylic acids is 2. The Bertz CT molecular complexity index is 997. The number of aromatic nitrogens is 2. The largest absolute Gasteiger partial charge is 0.343 e. The lowest BCUT2D eigenvalue weighted by atomic mass is 9.99. The lowest BCUT2D eigenvalue weighted by Gasteiger charge is -2.39. The number of benzene rings is 1. The van der Waals surface area contributed by atoms with Gasteiger partial charge in [-0.1, -0.05) is 30.8 Å². The molecule has 0 spiro atoms. The molecule has 9 nitrogen and oxygen atoms in total. The summed E-state index contributed by atoms with van der Waals surface area (Å²) in [4.78, 5) is 43.6. The standard InChI is InChI=1S/C21H27N7O2S/c1-13-7-9-27(10-8-13)20-24-17-16(18(29)25-21(30)26(17)2)28(20)11-12-31-19-22-14-5-3-4-6-15(14)23-19/h3-6,13,16-17H,7-12H2,1-2H3,(H,22,23)(H,25,29,30). The highest BCUT2D eigenvalue weighted by Crippen LogP contribution is 2.29. The van der Waals surface area contributed by atoms with E-state index in [0.717, 1.165) is 53.8 Å². The number of para-hydroxylation sites is 2. The third-order valence-electron chi connectivity index (χ3n) is 6.34. The van der Waals surface area contributed by atoms with Crippen molar-refractivity contribution in [3.05, 3.63) is 24.3 Å². The topological polar surface area (TPSA) is 96.9 Å². The van der Waals surface area contributed by atoms with Gasteiger partial charge in [-0.05, 0) is 30.9 Å². The highest BCUT2D eigenvalue weighted by molar-refractivity contribution is 7.99. The molecule has 0 bridgehead atoms. The van der Waals surface area contributed by atoms with Gasteiger partial charge in [0.25, 0.3) is 5.91 Å². The Labute approximate surface area is 185 Å². The fraction of sp³-hybridized carbons (Fsp3) is 0.524.